The molecule has 0 atom stereocenters. The summed E-state index contributed by atoms with van der Waals surface area (Å²) >= 11 is 0. The van der Waals surface area contributed by atoms with Crippen LogP contribution in [0.1, 0.15) is 10.4 Å². The summed E-state index contributed by atoms with van der Waals surface area (Å²) in [5, 5.41) is 13.7. The van der Waals surface area contributed by atoms with E-state index in [1.54, 1.807) is 12.2 Å². The molecule has 1 aromatic rings. The highest BCUT2D eigenvalue weighted by atomic mass is 16.6. The van der Waals surface area contributed by atoms with Gasteiger partial charge in [-0.1, -0.05) is 12.2 Å². The van der Waals surface area contributed by atoms with E-state index >= 15 is 0 Å². The Morgan fingerprint density at radius 2 is 2.17 bits per heavy atom. The van der Waals surface area contributed by atoms with E-state index in [0.717, 1.165) is 6.07 Å². The van der Waals surface area contributed by atoms with E-state index in [0.29, 0.717) is 18.8 Å². The SMILES string of the molecule is NCC=CCNc1ccc(C(N)=O)cc1[N+](=O)[O-]. The molecule has 0 unspecified atom stereocenters. The average molecular weight is 250 g/mol. The number of nitro benzene ring substituents is 1. The van der Waals surface area contributed by atoms with Crippen LogP contribution in [-0.2, 0) is 0 Å². The first kappa shape index (κ1) is 13.7. The first-order chi connectivity index (χ1) is 8.56. The molecular formula is C11H14N4O3. The summed E-state index contributed by atoms with van der Waals surface area (Å²) < 4.78 is 0. The minimum Gasteiger partial charge on any atom is -0.376 e. The Morgan fingerprint density at radius 1 is 1.44 bits per heavy atom. The number of benzene rings is 1. The zero-order valence-corrected chi connectivity index (χ0v) is 9.63. The maximum absolute atomic E-state index is 10.9. The monoisotopic (exact) mass is 250 g/mol. The third-order valence-electron chi connectivity index (χ3n) is 2.19. The van der Waals surface area contributed by atoms with Gasteiger partial charge in [0, 0.05) is 24.7 Å². The van der Waals surface area contributed by atoms with Crippen molar-refractivity contribution in [1.82, 2.24) is 0 Å². The van der Waals surface area contributed by atoms with Crippen LogP contribution < -0.4 is 16.8 Å². The molecule has 0 spiro atoms. The number of amides is 1. The Hall–Kier alpha value is -2.41. The number of rotatable bonds is 6. The number of nitrogens with two attached hydrogens (primary N) is 2. The van der Waals surface area contributed by atoms with E-state index in [9.17, 15) is 14.9 Å². The fraction of sp³-hybridized carbons (Fsp3) is 0.182. The normalized spacial score (nSPS) is 10.5. The number of nitrogens with one attached hydrogen (secondary N) is 1. The molecule has 5 N–H and O–H groups in total. The molecule has 0 fully saturated rings. The van der Waals surface area contributed by atoms with Crippen molar-refractivity contribution in [3.63, 3.8) is 0 Å². The summed E-state index contributed by atoms with van der Waals surface area (Å²) in [5.41, 5.74) is 10.6. The third-order valence-corrected chi connectivity index (χ3v) is 2.19. The Morgan fingerprint density at radius 3 is 2.72 bits per heavy atom. The zero-order valence-electron chi connectivity index (χ0n) is 9.63. The quantitative estimate of drug-likeness (QED) is 0.388. The second-order valence-corrected chi connectivity index (χ2v) is 3.44. The number of nitro groups is 1. The van der Waals surface area contributed by atoms with Crippen LogP contribution in [0.2, 0.25) is 0 Å². The predicted octanol–water partition coefficient (Wildman–Crippen LogP) is 0.621. The average Bonchev–Trinajstić information content (AvgIpc) is 2.34. The van der Waals surface area contributed by atoms with Gasteiger partial charge in [-0.15, -0.1) is 0 Å². The lowest BCUT2D eigenvalue weighted by atomic mass is 10.1. The van der Waals surface area contributed by atoms with Gasteiger partial charge < -0.3 is 16.8 Å². The predicted molar refractivity (Wildman–Crippen MR) is 68.3 cm³/mol. The standard InChI is InChI=1S/C11H14N4O3/c12-5-1-2-6-14-9-4-3-8(11(13)16)7-10(9)15(17)18/h1-4,7,14H,5-6,12H2,(H2,13,16). The number of anilines is 1. The summed E-state index contributed by atoms with van der Waals surface area (Å²) in [6.45, 7) is 0.818. The lowest BCUT2D eigenvalue weighted by Gasteiger charge is -2.05. The van der Waals surface area contributed by atoms with Gasteiger partial charge in [0.15, 0.2) is 0 Å². The van der Waals surface area contributed by atoms with Gasteiger partial charge >= 0.3 is 0 Å². The van der Waals surface area contributed by atoms with Crippen LogP contribution in [-0.4, -0.2) is 23.9 Å². The molecule has 7 nitrogen and oxygen atoms in total. The van der Waals surface area contributed by atoms with Gasteiger partial charge in [0.25, 0.3) is 5.69 Å². The molecule has 18 heavy (non-hydrogen) atoms. The molecule has 1 aromatic carbocycles. The van der Waals surface area contributed by atoms with E-state index < -0.39 is 10.8 Å². The molecular weight excluding hydrogens is 236 g/mol. The maximum atomic E-state index is 10.9. The van der Waals surface area contributed by atoms with Crippen LogP contribution in [0.4, 0.5) is 11.4 Å². The summed E-state index contributed by atoms with van der Waals surface area (Å²) in [6.07, 6.45) is 3.49. The number of hydrogen-bond acceptors (Lipinski definition) is 5. The molecule has 0 aliphatic heterocycles. The van der Waals surface area contributed by atoms with E-state index in [-0.39, 0.29) is 11.3 Å². The van der Waals surface area contributed by atoms with Crippen LogP contribution in [0.15, 0.2) is 30.4 Å². The highest BCUT2D eigenvalue weighted by molar-refractivity contribution is 5.94. The second kappa shape index (κ2) is 6.36. The highest BCUT2D eigenvalue weighted by Crippen LogP contribution is 2.25. The molecule has 0 aliphatic carbocycles. The molecule has 0 heterocycles. The smallest absolute Gasteiger partial charge is 0.293 e. The molecule has 1 amide bonds. The van der Waals surface area contributed by atoms with Crippen molar-refractivity contribution in [2.24, 2.45) is 11.5 Å². The van der Waals surface area contributed by atoms with Gasteiger partial charge in [-0.25, -0.2) is 0 Å². The van der Waals surface area contributed by atoms with Crippen molar-refractivity contribution in [2.45, 2.75) is 0 Å². The van der Waals surface area contributed by atoms with E-state index in [1.807, 2.05) is 0 Å². The molecule has 96 valence electrons. The van der Waals surface area contributed by atoms with Gasteiger partial charge in [-0.2, -0.15) is 0 Å². The minimum absolute atomic E-state index is 0.102. The molecule has 0 aromatic heterocycles. The Bertz CT molecular complexity index is 485. The van der Waals surface area contributed by atoms with Gasteiger partial charge in [0.1, 0.15) is 5.69 Å². The van der Waals surface area contributed by atoms with Crippen LogP contribution in [0, 0.1) is 10.1 Å². The molecule has 0 radical (unpaired) electrons. The lowest BCUT2D eigenvalue weighted by Crippen LogP contribution is -2.12. The molecule has 0 bridgehead atoms. The summed E-state index contributed by atoms with van der Waals surface area (Å²) in [5.74, 6) is -0.701. The zero-order chi connectivity index (χ0) is 13.5. The molecule has 0 saturated heterocycles. The third kappa shape index (κ3) is 3.56. The van der Waals surface area contributed by atoms with Crippen LogP contribution in [0.3, 0.4) is 0 Å². The largest absolute Gasteiger partial charge is 0.376 e. The highest BCUT2D eigenvalue weighted by Gasteiger charge is 2.15. The Labute approximate surface area is 104 Å². The minimum atomic E-state index is -0.701. The van der Waals surface area contributed by atoms with Crippen molar-refractivity contribution in [3.8, 4) is 0 Å². The Kier molecular flexibility index (Phi) is 4.82. The number of carbonyl (C=O) groups excluding carboxylic acids is 1. The van der Waals surface area contributed by atoms with Crippen LogP contribution >= 0.6 is 0 Å². The van der Waals surface area contributed by atoms with Crippen LogP contribution in [0.25, 0.3) is 0 Å². The van der Waals surface area contributed by atoms with Crippen LogP contribution in [0.5, 0.6) is 0 Å². The first-order valence-corrected chi connectivity index (χ1v) is 5.23. The number of hydrogen-bond donors (Lipinski definition) is 3. The lowest BCUT2D eigenvalue weighted by molar-refractivity contribution is -0.384. The Balaban J connectivity index is 2.93. The second-order valence-electron chi connectivity index (χ2n) is 3.44. The molecule has 1 rings (SSSR count). The molecule has 7 heteroatoms. The van der Waals surface area contributed by atoms with Crippen molar-refractivity contribution < 1.29 is 9.72 Å². The molecule has 0 aliphatic rings. The van der Waals surface area contributed by atoms with E-state index in [2.05, 4.69) is 5.32 Å². The topological polar surface area (TPSA) is 124 Å². The van der Waals surface area contributed by atoms with Crippen molar-refractivity contribution in [1.29, 1.82) is 0 Å². The summed E-state index contributed by atoms with van der Waals surface area (Å²) in [4.78, 5) is 21.2. The van der Waals surface area contributed by atoms with Crippen molar-refractivity contribution >= 4 is 17.3 Å². The van der Waals surface area contributed by atoms with Gasteiger partial charge in [0.2, 0.25) is 5.91 Å². The summed E-state index contributed by atoms with van der Waals surface area (Å²) in [6, 6.07) is 4.04. The van der Waals surface area contributed by atoms with Gasteiger partial charge in [0.05, 0.1) is 4.92 Å². The van der Waals surface area contributed by atoms with E-state index in [4.69, 9.17) is 11.5 Å². The maximum Gasteiger partial charge on any atom is 0.293 e. The fourth-order valence-electron chi connectivity index (χ4n) is 1.33. The fourth-order valence-corrected chi connectivity index (χ4v) is 1.33. The van der Waals surface area contributed by atoms with Crippen molar-refractivity contribution in [3.05, 3.63) is 46.0 Å². The number of carbonyl (C=O) groups is 1. The van der Waals surface area contributed by atoms with Crippen molar-refractivity contribution in [2.75, 3.05) is 18.4 Å². The number of nitrogens with zero attached hydrogens (tertiary/aromatic N) is 1. The molecule has 0 saturated carbocycles. The summed E-state index contributed by atoms with van der Waals surface area (Å²) in [7, 11) is 0. The van der Waals surface area contributed by atoms with E-state index in [1.165, 1.54) is 12.1 Å². The van der Waals surface area contributed by atoms with Gasteiger partial charge in [-0.3, -0.25) is 14.9 Å². The first-order valence-electron chi connectivity index (χ1n) is 5.23. The number of primary amides is 1. The van der Waals surface area contributed by atoms with Gasteiger partial charge in [-0.05, 0) is 12.1 Å².